The third-order valence-corrected chi connectivity index (χ3v) is 6.51. The third kappa shape index (κ3) is 5.88. The van der Waals surface area contributed by atoms with Gasteiger partial charge in [0.15, 0.2) is 0 Å². The van der Waals surface area contributed by atoms with Crippen molar-refractivity contribution in [2.24, 2.45) is 5.92 Å². The van der Waals surface area contributed by atoms with E-state index in [1.165, 1.54) is 0 Å². The number of hydrogen-bond donors (Lipinski definition) is 2. The first kappa shape index (κ1) is 24.9. The van der Waals surface area contributed by atoms with Crippen LogP contribution in [0, 0.1) is 12.8 Å². The number of allylic oxidation sites excluding steroid dienone is 1. The number of nitrogens with zero attached hydrogens (tertiary/aromatic N) is 3. The van der Waals surface area contributed by atoms with Crippen molar-refractivity contribution in [1.82, 2.24) is 14.8 Å². The van der Waals surface area contributed by atoms with Gasteiger partial charge in [-0.05, 0) is 67.3 Å². The predicted molar refractivity (Wildman–Crippen MR) is 142 cm³/mol. The van der Waals surface area contributed by atoms with Gasteiger partial charge in [0.2, 0.25) is 11.1 Å². The van der Waals surface area contributed by atoms with E-state index < -0.39 is 6.04 Å². The zero-order valence-corrected chi connectivity index (χ0v) is 21.8. The number of aromatic nitrogens is 3. The summed E-state index contributed by atoms with van der Waals surface area (Å²) in [6.07, 6.45) is 1.00. The fraction of sp³-hybridized carbons (Fsp3) is 0.370. The Morgan fingerprint density at radius 2 is 1.97 bits per heavy atom. The molecule has 0 fully saturated rings. The van der Waals surface area contributed by atoms with Gasteiger partial charge in [0.25, 0.3) is 5.91 Å². The predicted octanol–water partition coefficient (Wildman–Crippen LogP) is 6.05. The maximum Gasteiger partial charge on any atom is 0.255 e. The number of thioether (sulfide) groups is 1. The van der Waals surface area contributed by atoms with Crippen molar-refractivity contribution < 1.29 is 9.53 Å². The van der Waals surface area contributed by atoms with Crippen LogP contribution in [0.2, 0.25) is 0 Å². The van der Waals surface area contributed by atoms with Gasteiger partial charge in [0, 0.05) is 11.4 Å². The van der Waals surface area contributed by atoms with E-state index in [2.05, 4.69) is 36.4 Å². The lowest BCUT2D eigenvalue weighted by Gasteiger charge is -2.28. The molecule has 184 valence electrons. The maximum atomic E-state index is 13.6. The number of amides is 1. The van der Waals surface area contributed by atoms with Gasteiger partial charge in [-0.15, -0.1) is 5.10 Å². The zero-order chi connectivity index (χ0) is 24.9. The number of fused-ring (bicyclic) bond motifs is 1. The normalized spacial score (nSPS) is 15.1. The van der Waals surface area contributed by atoms with Crippen LogP contribution in [0.1, 0.15) is 51.3 Å². The molecule has 35 heavy (non-hydrogen) atoms. The lowest BCUT2D eigenvalue weighted by atomic mass is 9.95. The monoisotopic (exact) mass is 491 g/mol. The van der Waals surface area contributed by atoms with E-state index in [1.54, 1.807) is 11.8 Å². The first-order valence-electron chi connectivity index (χ1n) is 12.0. The number of benzene rings is 2. The SMILES string of the molecule is CCSc1nc2n(n1)C(c1ccc(OCCC(C)C)cc1)C(C(=O)Nc1cccc(C)c1)=C(C)N2. The van der Waals surface area contributed by atoms with Crippen molar-refractivity contribution in [3.63, 3.8) is 0 Å². The van der Waals surface area contributed by atoms with Gasteiger partial charge in [-0.1, -0.05) is 56.8 Å². The van der Waals surface area contributed by atoms with Gasteiger partial charge in [0.1, 0.15) is 11.8 Å². The molecular weight excluding hydrogens is 458 g/mol. The Kier molecular flexibility index (Phi) is 7.80. The molecule has 0 saturated heterocycles. The third-order valence-electron chi connectivity index (χ3n) is 5.79. The summed E-state index contributed by atoms with van der Waals surface area (Å²) in [7, 11) is 0. The Morgan fingerprint density at radius 3 is 2.66 bits per heavy atom. The first-order chi connectivity index (χ1) is 16.9. The molecule has 3 aromatic rings. The van der Waals surface area contributed by atoms with E-state index in [0.717, 1.165) is 40.4 Å². The smallest absolute Gasteiger partial charge is 0.255 e. The van der Waals surface area contributed by atoms with Gasteiger partial charge in [0.05, 0.1) is 12.2 Å². The van der Waals surface area contributed by atoms with Crippen molar-refractivity contribution in [3.05, 3.63) is 70.9 Å². The molecule has 0 spiro atoms. The molecule has 7 nitrogen and oxygen atoms in total. The number of nitrogens with one attached hydrogen (secondary N) is 2. The van der Waals surface area contributed by atoms with E-state index in [4.69, 9.17) is 9.84 Å². The molecular formula is C27H33N5O2S. The average molecular weight is 492 g/mol. The standard InChI is InChI=1S/C27H33N5O2S/c1-6-35-27-30-26-28-19(5)23(25(33)29-21-9-7-8-18(4)16-21)24(32(26)31-27)20-10-12-22(13-11-20)34-15-14-17(2)3/h7-13,16-17,24H,6,14-15H2,1-5H3,(H,29,33)(H,28,30,31). The minimum absolute atomic E-state index is 0.172. The maximum absolute atomic E-state index is 13.6. The van der Waals surface area contributed by atoms with Crippen molar-refractivity contribution in [2.75, 3.05) is 23.0 Å². The van der Waals surface area contributed by atoms with Crippen molar-refractivity contribution in [2.45, 2.75) is 52.2 Å². The number of ether oxygens (including phenoxy) is 1. The van der Waals surface area contributed by atoms with E-state index in [-0.39, 0.29) is 5.91 Å². The lowest BCUT2D eigenvalue weighted by molar-refractivity contribution is -0.113. The molecule has 2 heterocycles. The van der Waals surface area contributed by atoms with Crippen molar-refractivity contribution in [1.29, 1.82) is 0 Å². The Bertz CT molecular complexity index is 1220. The van der Waals surface area contributed by atoms with Gasteiger partial charge >= 0.3 is 0 Å². The topological polar surface area (TPSA) is 81.1 Å². The summed E-state index contributed by atoms with van der Waals surface area (Å²) in [6, 6.07) is 15.3. The molecule has 0 bridgehead atoms. The molecule has 0 radical (unpaired) electrons. The molecule has 1 aromatic heterocycles. The second kappa shape index (κ2) is 11.0. The number of carbonyl (C=O) groups excluding carboxylic acids is 1. The zero-order valence-electron chi connectivity index (χ0n) is 21.0. The van der Waals surface area contributed by atoms with Gasteiger partial charge in [-0.3, -0.25) is 4.79 Å². The Balaban J connectivity index is 1.67. The molecule has 8 heteroatoms. The molecule has 0 aliphatic carbocycles. The second-order valence-corrected chi connectivity index (χ2v) is 10.3. The molecule has 1 aliphatic heterocycles. The van der Waals surface area contributed by atoms with Crippen LogP contribution in [0.5, 0.6) is 5.75 Å². The minimum atomic E-state index is -0.417. The van der Waals surface area contributed by atoms with Crippen molar-refractivity contribution >= 4 is 29.3 Å². The number of aryl methyl sites for hydroxylation is 1. The van der Waals surface area contributed by atoms with Crippen LogP contribution in [0.15, 0.2) is 65.0 Å². The largest absolute Gasteiger partial charge is 0.494 e. The molecule has 2 aromatic carbocycles. The highest BCUT2D eigenvalue weighted by Crippen LogP contribution is 2.37. The van der Waals surface area contributed by atoms with E-state index >= 15 is 0 Å². The van der Waals surface area contributed by atoms with E-state index in [1.807, 2.05) is 67.1 Å². The van der Waals surface area contributed by atoms with Gasteiger partial charge in [-0.25, -0.2) is 4.68 Å². The number of rotatable bonds is 9. The summed E-state index contributed by atoms with van der Waals surface area (Å²) in [5, 5.41) is 11.8. The Hall–Kier alpha value is -3.26. The van der Waals surface area contributed by atoms with Crippen LogP contribution >= 0.6 is 11.8 Å². The van der Waals surface area contributed by atoms with Crippen LogP contribution in [-0.4, -0.2) is 33.0 Å². The van der Waals surface area contributed by atoms with Crippen LogP contribution in [0.4, 0.5) is 11.6 Å². The molecule has 4 rings (SSSR count). The lowest BCUT2D eigenvalue weighted by Crippen LogP contribution is -2.31. The summed E-state index contributed by atoms with van der Waals surface area (Å²) < 4.78 is 7.72. The Labute approximate surface area is 211 Å². The van der Waals surface area contributed by atoms with Crippen LogP contribution < -0.4 is 15.4 Å². The number of hydrogen-bond acceptors (Lipinski definition) is 6. The highest BCUT2D eigenvalue weighted by molar-refractivity contribution is 7.99. The molecule has 0 saturated carbocycles. The van der Waals surface area contributed by atoms with Gasteiger partial charge in [-0.2, -0.15) is 4.98 Å². The van der Waals surface area contributed by atoms with Crippen LogP contribution in [0.3, 0.4) is 0 Å². The summed E-state index contributed by atoms with van der Waals surface area (Å²) >= 11 is 1.57. The van der Waals surface area contributed by atoms with Crippen LogP contribution in [-0.2, 0) is 4.79 Å². The summed E-state index contributed by atoms with van der Waals surface area (Å²) in [4.78, 5) is 18.2. The number of carbonyl (C=O) groups is 1. The molecule has 2 N–H and O–H groups in total. The summed E-state index contributed by atoms with van der Waals surface area (Å²) in [6.45, 7) is 11.0. The molecule has 1 unspecified atom stereocenters. The fourth-order valence-corrected chi connectivity index (χ4v) is 4.56. The van der Waals surface area contributed by atoms with E-state index in [0.29, 0.717) is 29.2 Å². The highest BCUT2D eigenvalue weighted by atomic mass is 32.2. The summed E-state index contributed by atoms with van der Waals surface area (Å²) in [5.74, 6) is 2.73. The average Bonchev–Trinajstić information content (AvgIpc) is 3.20. The van der Waals surface area contributed by atoms with Gasteiger partial charge < -0.3 is 15.4 Å². The number of anilines is 2. The quantitative estimate of drug-likeness (QED) is 0.355. The van der Waals surface area contributed by atoms with Crippen molar-refractivity contribution in [3.8, 4) is 5.75 Å². The molecule has 1 aliphatic rings. The summed E-state index contributed by atoms with van der Waals surface area (Å²) in [5.41, 5.74) is 4.14. The van der Waals surface area contributed by atoms with E-state index in [9.17, 15) is 4.79 Å². The molecule has 1 atom stereocenters. The fourth-order valence-electron chi connectivity index (χ4n) is 4.00. The molecule has 1 amide bonds. The second-order valence-electron chi connectivity index (χ2n) is 9.09. The first-order valence-corrected chi connectivity index (χ1v) is 13.0. The minimum Gasteiger partial charge on any atom is -0.494 e. The Morgan fingerprint density at radius 1 is 1.20 bits per heavy atom. The highest BCUT2D eigenvalue weighted by Gasteiger charge is 2.34. The van der Waals surface area contributed by atoms with Crippen LogP contribution in [0.25, 0.3) is 0 Å².